The minimum atomic E-state index is -0.488. The Morgan fingerprint density at radius 2 is 1.94 bits per heavy atom. The highest BCUT2D eigenvalue weighted by Gasteiger charge is 2.38. The second kappa shape index (κ2) is 7.88. The van der Waals surface area contributed by atoms with E-state index in [1.807, 2.05) is 50.4 Å². The summed E-state index contributed by atoms with van der Waals surface area (Å²) in [6.07, 6.45) is 4.67. The number of pyridine rings is 1. The van der Waals surface area contributed by atoms with Gasteiger partial charge in [0.1, 0.15) is 17.0 Å². The van der Waals surface area contributed by atoms with Gasteiger partial charge in [-0.15, -0.1) is 0 Å². The quantitative estimate of drug-likeness (QED) is 0.487. The second-order valence-corrected chi connectivity index (χ2v) is 8.84. The maximum absolute atomic E-state index is 13.1. The van der Waals surface area contributed by atoms with Crippen molar-refractivity contribution in [3.63, 3.8) is 0 Å². The zero-order chi connectivity index (χ0) is 24.3. The summed E-state index contributed by atoms with van der Waals surface area (Å²) < 4.78 is 9.85. The molecule has 1 saturated heterocycles. The summed E-state index contributed by atoms with van der Waals surface area (Å²) in [6.45, 7) is 7.90. The van der Waals surface area contributed by atoms with Gasteiger partial charge in [0.25, 0.3) is 11.8 Å². The Morgan fingerprint density at radius 1 is 1.18 bits per heavy atom. The third kappa shape index (κ3) is 3.15. The number of aryl methyl sites for hydroxylation is 3. The SMILES string of the molecule is CNC(=O)c1c(C)cc2c(C)c(Oc3ccnn4cc(C(=O)N5CC(O)C5C)c(C)c34)ccn12. The molecule has 4 aromatic heterocycles. The number of carbonyl (C=O) groups is 2. The van der Waals surface area contributed by atoms with Gasteiger partial charge in [0.15, 0.2) is 5.75 Å². The van der Waals surface area contributed by atoms with Gasteiger partial charge in [-0.25, -0.2) is 4.52 Å². The number of rotatable bonds is 4. The summed E-state index contributed by atoms with van der Waals surface area (Å²) in [7, 11) is 1.61. The van der Waals surface area contributed by atoms with Crippen LogP contribution in [0.2, 0.25) is 0 Å². The smallest absolute Gasteiger partial charge is 0.268 e. The molecule has 0 aromatic carbocycles. The van der Waals surface area contributed by atoms with Crippen LogP contribution in [0.5, 0.6) is 11.5 Å². The van der Waals surface area contributed by atoms with Crippen molar-refractivity contribution in [3.8, 4) is 11.5 Å². The Labute approximate surface area is 196 Å². The van der Waals surface area contributed by atoms with Gasteiger partial charge in [-0.2, -0.15) is 5.10 Å². The summed E-state index contributed by atoms with van der Waals surface area (Å²) >= 11 is 0. The van der Waals surface area contributed by atoms with Crippen LogP contribution in [0, 0.1) is 20.8 Å². The topological polar surface area (TPSA) is 101 Å². The van der Waals surface area contributed by atoms with Gasteiger partial charge >= 0.3 is 0 Å². The van der Waals surface area contributed by atoms with Crippen LogP contribution in [0.3, 0.4) is 0 Å². The predicted molar refractivity (Wildman–Crippen MR) is 127 cm³/mol. The number of aliphatic hydroxyl groups is 1. The van der Waals surface area contributed by atoms with E-state index < -0.39 is 6.10 Å². The zero-order valence-electron chi connectivity index (χ0n) is 19.8. The van der Waals surface area contributed by atoms with E-state index in [-0.39, 0.29) is 17.9 Å². The molecule has 2 amide bonds. The summed E-state index contributed by atoms with van der Waals surface area (Å²) in [5.74, 6) is 0.946. The number of carbonyl (C=O) groups excluding carboxylic acids is 2. The third-order valence-corrected chi connectivity index (χ3v) is 6.83. The van der Waals surface area contributed by atoms with Crippen LogP contribution in [0.1, 0.15) is 44.5 Å². The van der Waals surface area contributed by atoms with Crippen LogP contribution in [0.25, 0.3) is 11.0 Å². The second-order valence-electron chi connectivity index (χ2n) is 8.84. The molecule has 9 nitrogen and oxygen atoms in total. The highest BCUT2D eigenvalue weighted by molar-refractivity contribution is 5.99. The number of hydrogen-bond donors (Lipinski definition) is 2. The Bertz CT molecular complexity index is 1470. The first-order chi connectivity index (χ1) is 16.2. The molecule has 1 fully saturated rings. The number of aliphatic hydroxyl groups excluding tert-OH is 1. The fraction of sp³-hybridized carbons (Fsp3) is 0.320. The summed E-state index contributed by atoms with van der Waals surface area (Å²) in [5, 5.41) is 16.9. The molecule has 34 heavy (non-hydrogen) atoms. The molecule has 2 unspecified atom stereocenters. The Balaban J connectivity index is 1.54. The number of likely N-dealkylation sites (tertiary alicyclic amines) is 1. The lowest BCUT2D eigenvalue weighted by Gasteiger charge is -2.43. The lowest BCUT2D eigenvalue weighted by atomic mass is 9.99. The number of nitrogens with one attached hydrogen (secondary N) is 1. The Morgan fingerprint density at radius 3 is 2.62 bits per heavy atom. The molecular weight excluding hydrogens is 434 g/mol. The predicted octanol–water partition coefficient (Wildman–Crippen LogP) is 2.87. The van der Waals surface area contributed by atoms with Gasteiger partial charge in [-0.3, -0.25) is 9.59 Å². The van der Waals surface area contributed by atoms with Crippen molar-refractivity contribution in [1.29, 1.82) is 0 Å². The van der Waals surface area contributed by atoms with Crippen LogP contribution < -0.4 is 10.1 Å². The highest BCUT2D eigenvalue weighted by Crippen LogP contribution is 2.35. The van der Waals surface area contributed by atoms with Crippen molar-refractivity contribution in [2.24, 2.45) is 0 Å². The molecule has 5 rings (SSSR count). The number of β-amino-alcohol motifs (C(OH)–C–C–N with tert-alkyl or cyclic N) is 1. The van der Waals surface area contributed by atoms with Crippen LogP contribution in [0.4, 0.5) is 0 Å². The number of fused-ring (bicyclic) bond motifs is 2. The average Bonchev–Trinajstić information content (AvgIpc) is 3.35. The van der Waals surface area contributed by atoms with Gasteiger partial charge in [0, 0.05) is 37.6 Å². The van der Waals surface area contributed by atoms with Gasteiger partial charge in [0.05, 0.1) is 29.4 Å². The molecule has 5 heterocycles. The van der Waals surface area contributed by atoms with E-state index in [2.05, 4.69) is 10.4 Å². The van der Waals surface area contributed by atoms with Crippen LogP contribution >= 0.6 is 0 Å². The zero-order valence-corrected chi connectivity index (χ0v) is 19.8. The van der Waals surface area contributed by atoms with Crippen molar-refractivity contribution in [3.05, 3.63) is 64.7 Å². The molecular formula is C25H27N5O4. The number of aromatic nitrogens is 3. The van der Waals surface area contributed by atoms with Gasteiger partial charge in [-0.05, 0) is 51.0 Å². The van der Waals surface area contributed by atoms with Crippen LogP contribution in [-0.2, 0) is 0 Å². The Kier molecular flexibility index (Phi) is 5.09. The minimum absolute atomic E-state index is 0.130. The first-order valence-corrected chi connectivity index (χ1v) is 11.2. The lowest BCUT2D eigenvalue weighted by Crippen LogP contribution is -2.60. The molecule has 0 bridgehead atoms. The van der Waals surface area contributed by atoms with Gasteiger partial charge < -0.3 is 24.5 Å². The number of hydrogen-bond acceptors (Lipinski definition) is 5. The maximum Gasteiger partial charge on any atom is 0.268 e. The highest BCUT2D eigenvalue weighted by atomic mass is 16.5. The standard InChI is InChI=1S/C25H27N5O4/c1-13-10-18-15(3)20(7-9-28(18)22(13)24(32)26-5)34-21-6-8-27-30-11-17(14(2)23(21)30)25(33)29-12-19(31)16(29)4/h6-11,16,19,31H,12H2,1-5H3,(H,26,32). The first-order valence-electron chi connectivity index (χ1n) is 11.2. The monoisotopic (exact) mass is 461 g/mol. The van der Waals surface area contributed by atoms with E-state index in [1.54, 1.807) is 34.9 Å². The van der Waals surface area contributed by atoms with Crippen molar-refractivity contribution < 1.29 is 19.4 Å². The third-order valence-electron chi connectivity index (χ3n) is 6.83. The number of amides is 2. The van der Waals surface area contributed by atoms with E-state index in [0.29, 0.717) is 34.8 Å². The molecule has 2 N–H and O–H groups in total. The minimum Gasteiger partial charge on any atom is -0.455 e. The molecule has 176 valence electrons. The molecule has 1 aliphatic heterocycles. The van der Waals surface area contributed by atoms with Crippen molar-refractivity contribution >= 4 is 22.8 Å². The Hall–Kier alpha value is -3.85. The first kappa shape index (κ1) is 22.0. The van der Waals surface area contributed by atoms with E-state index >= 15 is 0 Å². The molecule has 0 aliphatic carbocycles. The summed E-state index contributed by atoms with van der Waals surface area (Å²) in [6, 6.07) is 5.36. The molecule has 9 heteroatoms. The molecule has 2 atom stereocenters. The molecule has 0 radical (unpaired) electrons. The van der Waals surface area contributed by atoms with E-state index in [0.717, 1.165) is 22.2 Å². The van der Waals surface area contributed by atoms with Crippen molar-refractivity contribution in [1.82, 2.24) is 24.2 Å². The fourth-order valence-corrected chi connectivity index (χ4v) is 4.66. The average molecular weight is 462 g/mol. The van der Waals surface area contributed by atoms with Gasteiger partial charge in [0.2, 0.25) is 0 Å². The molecule has 0 saturated carbocycles. The molecule has 4 aromatic rings. The lowest BCUT2D eigenvalue weighted by molar-refractivity contribution is -0.0357. The normalized spacial score (nSPS) is 17.8. The van der Waals surface area contributed by atoms with E-state index in [4.69, 9.17) is 4.74 Å². The van der Waals surface area contributed by atoms with Crippen molar-refractivity contribution in [2.75, 3.05) is 13.6 Å². The molecule has 1 aliphatic rings. The van der Waals surface area contributed by atoms with Crippen LogP contribution in [0.15, 0.2) is 36.8 Å². The fourth-order valence-electron chi connectivity index (χ4n) is 4.66. The maximum atomic E-state index is 13.1. The molecule has 0 spiro atoms. The van der Waals surface area contributed by atoms with Crippen LogP contribution in [-0.4, -0.2) is 61.6 Å². The van der Waals surface area contributed by atoms with E-state index in [9.17, 15) is 14.7 Å². The number of ether oxygens (including phenoxy) is 1. The summed E-state index contributed by atoms with van der Waals surface area (Å²) in [5.41, 5.74) is 5.24. The van der Waals surface area contributed by atoms with Crippen molar-refractivity contribution in [2.45, 2.75) is 39.8 Å². The van der Waals surface area contributed by atoms with Gasteiger partial charge in [-0.1, -0.05) is 0 Å². The van der Waals surface area contributed by atoms with E-state index in [1.165, 1.54) is 0 Å². The largest absolute Gasteiger partial charge is 0.455 e. The summed E-state index contributed by atoms with van der Waals surface area (Å²) in [4.78, 5) is 27.0. The number of nitrogens with zero attached hydrogens (tertiary/aromatic N) is 4.